The van der Waals surface area contributed by atoms with Crippen LogP contribution < -0.4 is 24.4 Å². The fourth-order valence-electron chi connectivity index (χ4n) is 2.90. The predicted molar refractivity (Wildman–Crippen MR) is 126 cm³/mol. The molecule has 0 aliphatic carbocycles. The molecular formula is C24H37N4O3+. The molecule has 2 rings (SSSR count). The van der Waals surface area contributed by atoms with Gasteiger partial charge < -0.3 is 19.9 Å². The summed E-state index contributed by atoms with van der Waals surface area (Å²) >= 11 is 0. The number of hydrazone groups is 1. The van der Waals surface area contributed by atoms with E-state index in [4.69, 9.17) is 9.47 Å². The molecule has 0 fully saturated rings. The molecular weight excluding hydrogens is 392 g/mol. The number of hydrogen-bond acceptors (Lipinski definition) is 6. The second-order valence-corrected chi connectivity index (χ2v) is 7.38. The molecule has 0 radical (unpaired) electrons. The first-order chi connectivity index (χ1) is 15.1. The lowest BCUT2D eigenvalue weighted by molar-refractivity contribution is -0.672. The van der Waals surface area contributed by atoms with Gasteiger partial charge in [0, 0.05) is 37.9 Å². The summed E-state index contributed by atoms with van der Waals surface area (Å²) < 4.78 is 14.2. The smallest absolute Gasteiger partial charge is 0.225 e. The zero-order chi connectivity index (χ0) is 22.5. The van der Waals surface area contributed by atoms with Crippen LogP contribution in [0.25, 0.3) is 0 Å². The maximum absolute atomic E-state index is 9.25. The molecule has 31 heavy (non-hydrogen) atoms. The van der Waals surface area contributed by atoms with Gasteiger partial charge in [-0.1, -0.05) is 26.7 Å². The highest BCUT2D eigenvalue weighted by Crippen LogP contribution is 2.39. The Kier molecular flexibility index (Phi) is 10.6. The maximum atomic E-state index is 9.25. The van der Waals surface area contributed by atoms with Crippen molar-refractivity contribution in [3.63, 3.8) is 0 Å². The van der Waals surface area contributed by atoms with Gasteiger partial charge in [-0.2, -0.15) is 5.10 Å². The molecule has 2 aromatic rings. The summed E-state index contributed by atoms with van der Waals surface area (Å²) in [6.07, 6.45) is 7.88. The number of aliphatic hydroxyl groups is 1. The van der Waals surface area contributed by atoms with Crippen molar-refractivity contribution in [2.75, 3.05) is 43.7 Å². The Hall–Kier alpha value is -2.80. The van der Waals surface area contributed by atoms with E-state index in [1.807, 2.05) is 61.4 Å². The molecule has 0 saturated carbocycles. The number of aromatic nitrogens is 1. The zero-order valence-corrected chi connectivity index (χ0v) is 19.3. The van der Waals surface area contributed by atoms with E-state index in [0.29, 0.717) is 19.8 Å². The van der Waals surface area contributed by atoms with Crippen molar-refractivity contribution < 1.29 is 19.1 Å². The molecule has 0 spiro atoms. The molecule has 1 heterocycles. The quantitative estimate of drug-likeness (QED) is 0.207. The Morgan fingerprint density at radius 2 is 1.81 bits per heavy atom. The molecule has 0 saturated heterocycles. The Morgan fingerprint density at radius 1 is 1.10 bits per heavy atom. The lowest BCUT2D eigenvalue weighted by Crippen LogP contribution is -2.32. The van der Waals surface area contributed by atoms with Crippen LogP contribution in [0.3, 0.4) is 0 Å². The molecule has 2 N–H and O–H groups in total. The van der Waals surface area contributed by atoms with Crippen molar-refractivity contribution in [2.24, 2.45) is 12.1 Å². The largest absolute Gasteiger partial charge is 0.491 e. The number of nitrogens with zero attached hydrogens (tertiary/aromatic N) is 3. The summed E-state index contributed by atoms with van der Waals surface area (Å²) in [5, 5.41) is 18.9. The van der Waals surface area contributed by atoms with Crippen LogP contribution >= 0.6 is 0 Å². The minimum absolute atomic E-state index is 0.0421. The monoisotopic (exact) mass is 429 g/mol. The van der Waals surface area contributed by atoms with Crippen molar-refractivity contribution in [1.82, 2.24) is 0 Å². The third-order valence-corrected chi connectivity index (χ3v) is 4.81. The van der Waals surface area contributed by atoms with Crippen LogP contribution in [0.4, 0.5) is 11.4 Å². The molecule has 0 amide bonds. The number of nitrogens with one attached hydrogen (secondary N) is 1. The van der Waals surface area contributed by atoms with Gasteiger partial charge in [0.2, 0.25) is 5.69 Å². The molecule has 1 aromatic heterocycles. The van der Waals surface area contributed by atoms with Crippen molar-refractivity contribution in [3.8, 4) is 11.5 Å². The van der Waals surface area contributed by atoms with Crippen molar-refractivity contribution in [2.45, 2.75) is 39.5 Å². The Bertz CT molecular complexity index is 826. The molecule has 0 atom stereocenters. The number of anilines is 2. The third kappa shape index (κ3) is 7.75. The first-order valence-electron chi connectivity index (χ1n) is 11.1. The van der Waals surface area contributed by atoms with Gasteiger partial charge >= 0.3 is 0 Å². The Balaban J connectivity index is 2.36. The summed E-state index contributed by atoms with van der Waals surface area (Å²) in [4.78, 5) is 0. The van der Waals surface area contributed by atoms with E-state index in [0.717, 1.165) is 54.3 Å². The maximum Gasteiger partial charge on any atom is 0.225 e. The minimum Gasteiger partial charge on any atom is -0.491 e. The summed E-state index contributed by atoms with van der Waals surface area (Å²) in [5.41, 5.74) is 2.63. The predicted octanol–water partition coefficient (Wildman–Crippen LogP) is 3.74. The van der Waals surface area contributed by atoms with Gasteiger partial charge in [-0.3, -0.25) is 5.01 Å². The molecule has 170 valence electrons. The van der Waals surface area contributed by atoms with E-state index >= 15 is 0 Å². The van der Waals surface area contributed by atoms with Crippen molar-refractivity contribution >= 4 is 17.6 Å². The van der Waals surface area contributed by atoms with Crippen LogP contribution in [0.1, 0.15) is 45.2 Å². The topological polar surface area (TPSA) is 70.2 Å². The van der Waals surface area contributed by atoms with E-state index in [2.05, 4.69) is 24.3 Å². The van der Waals surface area contributed by atoms with Gasteiger partial charge in [0.15, 0.2) is 6.20 Å². The average molecular weight is 430 g/mol. The number of ether oxygens (including phenoxy) is 2. The van der Waals surface area contributed by atoms with Crippen LogP contribution in [0, 0.1) is 0 Å². The number of benzene rings is 1. The summed E-state index contributed by atoms with van der Waals surface area (Å²) in [7, 11) is 3.89. The summed E-state index contributed by atoms with van der Waals surface area (Å²) in [5.74, 6) is 1.46. The van der Waals surface area contributed by atoms with Crippen molar-refractivity contribution in [3.05, 3.63) is 42.2 Å². The van der Waals surface area contributed by atoms with Crippen LogP contribution in [0.2, 0.25) is 0 Å². The molecule has 1 aromatic carbocycles. The van der Waals surface area contributed by atoms with Crippen molar-refractivity contribution in [1.29, 1.82) is 0 Å². The van der Waals surface area contributed by atoms with Gasteiger partial charge in [-0.15, -0.1) is 0 Å². The second-order valence-electron chi connectivity index (χ2n) is 7.38. The second kappa shape index (κ2) is 13.5. The van der Waals surface area contributed by atoms with Crippen LogP contribution in [0.5, 0.6) is 11.5 Å². The first-order valence-corrected chi connectivity index (χ1v) is 11.1. The lowest BCUT2D eigenvalue weighted by Gasteiger charge is -2.22. The summed E-state index contributed by atoms with van der Waals surface area (Å²) in [6.45, 7) is 6.02. The molecule has 7 heteroatoms. The zero-order valence-electron chi connectivity index (χ0n) is 19.3. The van der Waals surface area contributed by atoms with Crippen LogP contribution in [-0.2, 0) is 7.05 Å². The normalized spacial score (nSPS) is 11.0. The van der Waals surface area contributed by atoms with E-state index in [-0.39, 0.29) is 6.61 Å². The number of aryl methyl sites for hydroxylation is 1. The first kappa shape index (κ1) is 24.5. The number of aliphatic hydroxyl groups excluding tert-OH is 1. The Morgan fingerprint density at radius 3 is 2.45 bits per heavy atom. The molecule has 7 nitrogen and oxygen atoms in total. The lowest BCUT2D eigenvalue weighted by atomic mass is 10.2. The number of pyridine rings is 1. The molecule has 0 bridgehead atoms. The van der Waals surface area contributed by atoms with Gasteiger partial charge in [0.05, 0.1) is 25.5 Å². The van der Waals surface area contributed by atoms with Crippen LogP contribution in [-0.4, -0.2) is 44.7 Å². The number of hydrogen-bond donors (Lipinski definition) is 2. The fraction of sp³-hybridized carbons (Fsp3) is 0.500. The average Bonchev–Trinajstić information content (AvgIpc) is 2.78. The minimum atomic E-state index is 0.0421. The molecule has 0 aliphatic rings. The van der Waals surface area contributed by atoms with E-state index < -0.39 is 0 Å². The van der Waals surface area contributed by atoms with E-state index in [9.17, 15) is 5.11 Å². The van der Waals surface area contributed by atoms with Gasteiger partial charge in [-0.05, 0) is 18.9 Å². The SMILES string of the molecule is CCCCOc1cc(N(C)/N=C/c2cccc[n+]2C)c(OCCCC)cc1NCCO. The molecule has 0 unspecified atom stereocenters. The Labute approximate surface area is 186 Å². The number of unbranched alkanes of at least 4 members (excludes halogenated alkanes) is 2. The highest BCUT2D eigenvalue weighted by atomic mass is 16.5. The number of rotatable bonds is 14. The van der Waals surface area contributed by atoms with Gasteiger partial charge in [-0.25, -0.2) is 4.57 Å². The van der Waals surface area contributed by atoms with Gasteiger partial charge in [0.1, 0.15) is 30.4 Å². The van der Waals surface area contributed by atoms with E-state index in [1.165, 1.54) is 0 Å². The van der Waals surface area contributed by atoms with Gasteiger partial charge in [0.25, 0.3) is 0 Å². The fourth-order valence-corrected chi connectivity index (χ4v) is 2.90. The highest BCUT2D eigenvalue weighted by Gasteiger charge is 2.16. The third-order valence-electron chi connectivity index (χ3n) is 4.81. The summed E-state index contributed by atoms with van der Waals surface area (Å²) in [6, 6.07) is 9.88. The highest BCUT2D eigenvalue weighted by molar-refractivity contribution is 5.77. The standard InChI is InChI=1S/C24H37N4O3/c1-5-7-15-30-23-18-22(28(4)26-19-20-11-9-10-13-27(20)3)24(31-16-8-6-2)17-21(23)25-12-14-29/h9-11,13,17-19,25,29H,5-8,12,14-16H2,1-4H3/q+1. The van der Waals surface area contributed by atoms with Crippen LogP contribution in [0.15, 0.2) is 41.6 Å². The van der Waals surface area contributed by atoms with E-state index in [1.54, 1.807) is 5.01 Å². The molecule has 0 aliphatic heterocycles.